The van der Waals surface area contributed by atoms with Crippen molar-refractivity contribution in [3.05, 3.63) is 47.3 Å². The molecule has 0 saturated heterocycles. The molecule has 0 spiro atoms. The zero-order valence-corrected chi connectivity index (χ0v) is 11.9. The van der Waals surface area contributed by atoms with Gasteiger partial charge in [-0.2, -0.15) is 0 Å². The Morgan fingerprint density at radius 1 is 1.16 bits per heavy atom. The quantitative estimate of drug-likeness (QED) is 0.913. The highest BCUT2D eigenvalue weighted by Crippen LogP contribution is 2.21. The Kier molecular flexibility index (Phi) is 4.12. The fourth-order valence-corrected chi connectivity index (χ4v) is 1.89. The van der Waals surface area contributed by atoms with Crippen molar-refractivity contribution in [3.63, 3.8) is 0 Å². The van der Waals surface area contributed by atoms with Gasteiger partial charge in [-0.15, -0.1) is 0 Å². The summed E-state index contributed by atoms with van der Waals surface area (Å²) in [6, 6.07) is 8.34. The lowest BCUT2D eigenvalue weighted by atomic mass is 10.2. The normalized spacial score (nSPS) is 10.5. The van der Waals surface area contributed by atoms with Crippen molar-refractivity contribution in [2.75, 3.05) is 19.0 Å². The van der Waals surface area contributed by atoms with E-state index in [1.165, 1.54) is 5.56 Å². The van der Waals surface area contributed by atoms with E-state index in [1.54, 1.807) is 0 Å². The van der Waals surface area contributed by atoms with Gasteiger partial charge in [-0.3, -0.25) is 0 Å². The third-order valence-electron chi connectivity index (χ3n) is 3.16. The van der Waals surface area contributed by atoms with Crippen LogP contribution in [0.1, 0.15) is 16.8 Å². The van der Waals surface area contributed by atoms with E-state index in [4.69, 9.17) is 0 Å². The van der Waals surface area contributed by atoms with Crippen LogP contribution in [0.5, 0.6) is 0 Å². The van der Waals surface area contributed by atoms with Crippen LogP contribution in [0.25, 0.3) is 0 Å². The maximum atomic E-state index is 4.57. The first-order valence-corrected chi connectivity index (χ1v) is 6.39. The molecule has 4 heteroatoms. The number of aryl methyl sites for hydroxylation is 2. The average molecular weight is 256 g/mol. The Bertz CT molecular complexity index is 549. The molecule has 1 aromatic carbocycles. The van der Waals surface area contributed by atoms with E-state index in [1.807, 2.05) is 32.1 Å². The summed E-state index contributed by atoms with van der Waals surface area (Å²) in [7, 11) is 3.91. The standard InChI is InChI=1S/C15H20N4/c1-11-5-7-14(8-6-11)19(4)15-17-10-13(9-16-3)12(2)18-15/h5-8,10,16H,9H2,1-4H3. The summed E-state index contributed by atoms with van der Waals surface area (Å²) in [5.41, 5.74) is 4.48. The number of anilines is 2. The van der Waals surface area contributed by atoms with Gasteiger partial charge in [-0.25, -0.2) is 9.97 Å². The highest BCUT2D eigenvalue weighted by atomic mass is 15.2. The molecular weight excluding hydrogens is 236 g/mol. The summed E-state index contributed by atoms with van der Waals surface area (Å²) in [6.07, 6.45) is 1.89. The van der Waals surface area contributed by atoms with E-state index in [0.29, 0.717) is 0 Å². The van der Waals surface area contributed by atoms with E-state index >= 15 is 0 Å². The zero-order valence-electron chi connectivity index (χ0n) is 11.9. The van der Waals surface area contributed by atoms with Crippen molar-refractivity contribution in [2.24, 2.45) is 0 Å². The molecule has 0 bridgehead atoms. The monoisotopic (exact) mass is 256 g/mol. The van der Waals surface area contributed by atoms with Gasteiger partial charge in [-0.1, -0.05) is 17.7 Å². The summed E-state index contributed by atoms with van der Waals surface area (Å²) in [5.74, 6) is 0.723. The molecule has 4 nitrogen and oxygen atoms in total. The van der Waals surface area contributed by atoms with Crippen LogP contribution in [0.15, 0.2) is 30.5 Å². The van der Waals surface area contributed by atoms with Crippen LogP contribution >= 0.6 is 0 Å². The van der Waals surface area contributed by atoms with Crippen molar-refractivity contribution in [1.82, 2.24) is 15.3 Å². The van der Waals surface area contributed by atoms with Gasteiger partial charge in [0.2, 0.25) is 5.95 Å². The van der Waals surface area contributed by atoms with Gasteiger partial charge in [0.1, 0.15) is 0 Å². The topological polar surface area (TPSA) is 41.1 Å². The Balaban J connectivity index is 2.26. The molecule has 0 radical (unpaired) electrons. The maximum Gasteiger partial charge on any atom is 0.229 e. The minimum Gasteiger partial charge on any atom is -0.316 e. The van der Waals surface area contributed by atoms with Crippen molar-refractivity contribution >= 4 is 11.6 Å². The SMILES string of the molecule is CNCc1cnc(N(C)c2ccc(C)cc2)nc1C. The third kappa shape index (κ3) is 3.09. The van der Waals surface area contributed by atoms with Crippen LogP contribution in [-0.4, -0.2) is 24.1 Å². The predicted molar refractivity (Wildman–Crippen MR) is 78.8 cm³/mol. The Hall–Kier alpha value is -1.94. The minimum absolute atomic E-state index is 0.723. The molecule has 0 aliphatic carbocycles. The Labute approximate surface area is 114 Å². The van der Waals surface area contributed by atoms with Gasteiger partial charge in [0.15, 0.2) is 0 Å². The van der Waals surface area contributed by atoms with Gasteiger partial charge in [0.05, 0.1) is 0 Å². The number of benzene rings is 1. The number of aromatic nitrogens is 2. The Morgan fingerprint density at radius 2 is 1.84 bits per heavy atom. The molecule has 0 atom stereocenters. The van der Waals surface area contributed by atoms with Crippen molar-refractivity contribution < 1.29 is 0 Å². The zero-order chi connectivity index (χ0) is 13.8. The van der Waals surface area contributed by atoms with Crippen molar-refractivity contribution in [2.45, 2.75) is 20.4 Å². The molecule has 0 unspecified atom stereocenters. The number of hydrogen-bond donors (Lipinski definition) is 1. The highest BCUT2D eigenvalue weighted by Gasteiger charge is 2.08. The van der Waals surface area contributed by atoms with Gasteiger partial charge >= 0.3 is 0 Å². The van der Waals surface area contributed by atoms with E-state index in [9.17, 15) is 0 Å². The minimum atomic E-state index is 0.723. The average Bonchev–Trinajstić information content (AvgIpc) is 2.41. The molecule has 0 saturated carbocycles. The van der Waals surface area contributed by atoms with E-state index in [0.717, 1.165) is 29.4 Å². The largest absolute Gasteiger partial charge is 0.316 e. The second kappa shape index (κ2) is 5.80. The van der Waals surface area contributed by atoms with E-state index in [-0.39, 0.29) is 0 Å². The van der Waals surface area contributed by atoms with Crippen LogP contribution in [0.3, 0.4) is 0 Å². The molecule has 0 fully saturated rings. The molecule has 0 aliphatic heterocycles. The second-order valence-electron chi connectivity index (χ2n) is 4.71. The molecular formula is C15H20N4. The summed E-state index contributed by atoms with van der Waals surface area (Å²) >= 11 is 0. The molecule has 19 heavy (non-hydrogen) atoms. The lowest BCUT2D eigenvalue weighted by Crippen LogP contribution is -2.15. The molecule has 2 aromatic rings. The number of hydrogen-bond acceptors (Lipinski definition) is 4. The number of nitrogens with one attached hydrogen (secondary N) is 1. The first-order valence-electron chi connectivity index (χ1n) is 6.39. The molecule has 0 aliphatic rings. The number of rotatable bonds is 4. The van der Waals surface area contributed by atoms with Gasteiger partial charge in [0.25, 0.3) is 0 Å². The summed E-state index contributed by atoms with van der Waals surface area (Å²) in [6.45, 7) is 4.89. The lowest BCUT2D eigenvalue weighted by Gasteiger charge is -2.18. The van der Waals surface area contributed by atoms with Gasteiger partial charge < -0.3 is 10.2 Å². The van der Waals surface area contributed by atoms with Crippen molar-refractivity contribution in [1.29, 1.82) is 0 Å². The molecule has 1 N–H and O–H groups in total. The van der Waals surface area contributed by atoms with Crippen molar-refractivity contribution in [3.8, 4) is 0 Å². The maximum absolute atomic E-state index is 4.57. The van der Waals surface area contributed by atoms with Crippen LogP contribution in [0.4, 0.5) is 11.6 Å². The molecule has 1 heterocycles. The first kappa shape index (κ1) is 13.5. The molecule has 1 aromatic heterocycles. The van der Waals surface area contributed by atoms with Crippen LogP contribution in [-0.2, 0) is 6.54 Å². The van der Waals surface area contributed by atoms with Crippen LogP contribution in [0.2, 0.25) is 0 Å². The summed E-state index contributed by atoms with van der Waals surface area (Å²) < 4.78 is 0. The lowest BCUT2D eigenvalue weighted by molar-refractivity contribution is 0.795. The first-order chi connectivity index (χ1) is 9.11. The smallest absolute Gasteiger partial charge is 0.229 e. The van der Waals surface area contributed by atoms with Crippen LogP contribution in [0, 0.1) is 13.8 Å². The Morgan fingerprint density at radius 3 is 2.42 bits per heavy atom. The van der Waals surface area contributed by atoms with Gasteiger partial charge in [0, 0.05) is 36.7 Å². The summed E-state index contributed by atoms with van der Waals surface area (Å²) in [4.78, 5) is 11.0. The second-order valence-corrected chi connectivity index (χ2v) is 4.71. The van der Waals surface area contributed by atoms with E-state index in [2.05, 4.69) is 46.5 Å². The predicted octanol–water partition coefficient (Wildman–Crippen LogP) is 2.58. The highest BCUT2D eigenvalue weighted by molar-refractivity contribution is 5.56. The van der Waals surface area contributed by atoms with Crippen LogP contribution < -0.4 is 10.2 Å². The molecule has 100 valence electrons. The third-order valence-corrected chi connectivity index (χ3v) is 3.16. The van der Waals surface area contributed by atoms with E-state index < -0.39 is 0 Å². The fourth-order valence-electron chi connectivity index (χ4n) is 1.89. The van der Waals surface area contributed by atoms with Gasteiger partial charge in [-0.05, 0) is 33.0 Å². The molecule has 0 amide bonds. The fraction of sp³-hybridized carbons (Fsp3) is 0.333. The number of nitrogens with zero attached hydrogens (tertiary/aromatic N) is 3. The summed E-state index contributed by atoms with van der Waals surface area (Å²) in [5, 5.41) is 3.12. The molecule has 2 rings (SSSR count).